The molecule has 1 N–H and O–H groups in total. The van der Waals surface area contributed by atoms with Gasteiger partial charge >= 0.3 is 5.69 Å². The number of para-hydroxylation sites is 1. The molecule has 0 spiro atoms. The molecule has 0 fully saturated rings. The van der Waals surface area contributed by atoms with Gasteiger partial charge in [-0.25, -0.2) is 0 Å². The van der Waals surface area contributed by atoms with E-state index >= 15 is 0 Å². The Hall–Kier alpha value is -2.60. The van der Waals surface area contributed by atoms with Crippen molar-refractivity contribution < 1.29 is 14.5 Å². The Bertz CT molecular complexity index is 689. The highest BCUT2D eigenvalue weighted by molar-refractivity contribution is 6.34. The Morgan fingerprint density at radius 3 is 2.52 bits per heavy atom. The summed E-state index contributed by atoms with van der Waals surface area (Å²) in [5, 5.41) is 13.5. The molecule has 0 aliphatic rings. The van der Waals surface area contributed by atoms with E-state index in [4.69, 9.17) is 16.3 Å². The van der Waals surface area contributed by atoms with Crippen LogP contribution in [-0.2, 0) is 0 Å². The third kappa shape index (κ3) is 3.29. The highest BCUT2D eigenvalue weighted by Gasteiger charge is 2.21. The number of methoxy groups -OCH3 is 1. The number of carbonyl (C=O) groups is 1. The SMILES string of the molecule is COc1cc(C(=O)Nc2ccccc2)c(Cl)cc1[N+](=O)[O-]. The minimum Gasteiger partial charge on any atom is -0.490 e. The molecule has 2 aromatic rings. The van der Waals surface area contributed by atoms with Gasteiger partial charge in [-0.15, -0.1) is 0 Å². The fourth-order valence-corrected chi connectivity index (χ4v) is 1.99. The van der Waals surface area contributed by atoms with E-state index in [0.717, 1.165) is 6.07 Å². The Labute approximate surface area is 125 Å². The second kappa shape index (κ2) is 6.23. The van der Waals surface area contributed by atoms with Crippen LogP contribution in [0, 0.1) is 10.1 Å². The molecule has 0 aromatic heterocycles. The summed E-state index contributed by atoms with van der Waals surface area (Å²) < 4.78 is 4.92. The first kappa shape index (κ1) is 14.8. The average Bonchev–Trinajstić information content (AvgIpc) is 2.47. The van der Waals surface area contributed by atoms with Gasteiger partial charge in [-0.1, -0.05) is 29.8 Å². The molecular weight excluding hydrogens is 296 g/mol. The van der Waals surface area contributed by atoms with Crippen molar-refractivity contribution in [2.45, 2.75) is 0 Å². The lowest BCUT2D eigenvalue weighted by molar-refractivity contribution is -0.385. The lowest BCUT2D eigenvalue weighted by Crippen LogP contribution is -2.13. The first-order valence-corrected chi connectivity index (χ1v) is 6.29. The first-order valence-electron chi connectivity index (χ1n) is 5.91. The summed E-state index contributed by atoms with van der Waals surface area (Å²) >= 11 is 5.94. The number of ether oxygens (including phenoxy) is 1. The van der Waals surface area contributed by atoms with Gasteiger partial charge in [-0.2, -0.15) is 0 Å². The van der Waals surface area contributed by atoms with Crippen LogP contribution in [0.2, 0.25) is 5.02 Å². The second-order valence-corrected chi connectivity index (χ2v) is 4.49. The van der Waals surface area contributed by atoms with Crippen LogP contribution >= 0.6 is 11.6 Å². The van der Waals surface area contributed by atoms with Crippen LogP contribution in [0.15, 0.2) is 42.5 Å². The minimum atomic E-state index is -0.621. The van der Waals surface area contributed by atoms with Gasteiger partial charge in [0.25, 0.3) is 5.91 Å². The lowest BCUT2D eigenvalue weighted by atomic mass is 10.1. The topological polar surface area (TPSA) is 81.5 Å². The number of hydrogen-bond donors (Lipinski definition) is 1. The molecule has 108 valence electrons. The van der Waals surface area contributed by atoms with Crippen LogP contribution in [0.5, 0.6) is 5.75 Å². The zero-order valence-corrected chi connectivity index (χ0v) is 11.8. The first-order chi connectivity index (χ1) is 10.0. The Balaban J connectivity index is 2.35. The Morgan fingerprint density at radius 1 is 1.29 bits per heavy atom. The van der Waals surface area contributed by atoms with E-state index in [-0.39, 0.29) is 22.0 Å². The van der Waals surface area contributed by atoms with Crippen LogP contribution in [0.25, 0.3) is 0 Å². The largest absolute Gasteiger partial charge is 0.490 e. The highest BCUT2D eigenvalue weighted by atomic mass is 35.5. The molecule has 0 saturated heterocycles. The predicted octanol–water partition coefficient (Wildman–Crippen LogP) is 3.51. The van der Waals surface area contributed by atoms with Gasteiger partial charge in [0.15, 0.2) is 5.75 Å². The van der Waals surface area contributed by atoms with Crippen molar-refractivity contribution in [3.8, 4) is 5.75 Å². The normalized spacial score (nSPS) is 10.0. The maximum atomic E-state index is 12.2. The summed E-state index contributed by atoms with van der Waals surface area (Å²) in [4.78, 5) is 22.4. The van der Waals surface area contributed by atoms with Gasteiger partial charge < -0.3 is 10.1 Å². The van der Waals surface area contributed by atoms with Gasteiger partial charge in [-0.3, -0.25) is 14.9 Å². The fraction of sp³-hybridized carbons (Fsp3) is 0.0714. The summed E-state index contributed by atoms with van der Waals surface area (Å²) in [5.41, 5.74) is 0.401. The molecule has 1 amide bonds. The van der Waals surface area contributed by atoms with Gasteiger partial charge in [0.05, 0.1) is 22.6 Å². The van der Waals surface area contributed by atoms with Crippen LogP contribution in [-0.4, -0.2) is 17.9 Å². The van der Waals surface area contributed by atoms with Crippen molar-refractivity contribution in [3.63, 3.8) is 0 Å². The monoisotopic (exact) mass is 306 g/mol. The van der Waals surface area contributed by atoms with Crippen LogP contribution in [0.1, 0.15) is 10.4 Å². The molecular formula is C14H11ClN2O4. The predicted molar refractivity (Wildman–Crippen MR) is 79.1 cm³/mol. The number of amides is 1. The van der Waals surface area contributed by atoms with Gasteiger partial charge in [0.1, 0.15) is 0 Å². The number of nitrogens with one attached hydrogen (secondary N) is 1. The molecule has 0 unspecified atom stereocenters. The Kier molecular flexibility index (Phi) is 4.39. The summed E-state index contributed by atoms with van der Waals surface area (Å²) in [7, 11) is 1.29. The number of rotatable bonds is 4. The van der Waals surface area contributed by atoms with Gasteiger partial charge in [-0.05, 0) is 12.1 Å². The van der Waals surface area contributed by atoms with Crippen molar-refractivity contribution in [2.24, 2.45) is 0 Å². The Morgan fingerprint density at radius 2 is 1.95 bits per heavy atom. The number of nitro groups is 1. The molecule has 21 heavy (non-hydrogen) atoms. The van der Waals surface area contributed by atoms with Crippen molar-refractivity contribution in [1.29, 1.82) is 0 Å². The molecule has 2 aromatic carbocycles. The molecule has 0 aliphatic heterocycles. The van der Waals surface area contributed by atoms with Crippen molar-refractivity contribution in [2.75, 3.05) is 12.4 Å². The van der Waals surface area contributed by atoms with Crippen molar-refractivity contribution in [3.05, 3.63) is 63.2 Å². The van der Waals surface area contributed by atoms with E-state index in [0.29, 0.717) is 5.69 Å². The van der Waals surface area contributed by atoms with E-state index in [9.17, 15) is 14.9 Å². The maximum Gasteiger partial charge on any atom is 0.312 e. The summed E-state index contributed by atoms with van der Waals surface area (Å²) in [6.07, 6.45) is 0. The summed E-state index contributed by atoms with van der Waals surface area (Å²) in [6, 6.07) is 11.1. The smallest absolute Gasteiger partial charge is 0.312 e. The van der Waals surface area contributed by atoms with E-state index in [1.807, 2.05) is 6.07 Å². The number of halogens is 1. The lowest BCUT2D eigenvalue weighted by Gasteiger charge is -2.09. The third-order valence-corrected chi connectivity index (χ3v) is 3.05. The van der Waals surface area contributed by atoms with E-state index in [2.05, 4.69) is 5.32 Å². The summed E-state index contributed by atoms with van der Waals surface area (Å²) in [5.74, 6) is -0.498. The third-order valence-electron chi connectivity index (χ3n) is 2.74. The zero-order valence-electron chi connectivity index (χ0n) is 11.0. The molecule has 0 aliphatic carbocycles. The van der Waals surface area contributed by atoms with Crippen molar-refractivity contribution >= 4 is 28.9 Å². The standard InChI is InChI=1S/C14H11ClN2O4/c1-21-13-7-10(11(15)8-12(13)17(19)20)14(18)16-9-5-3-2-4-6-9/h2-8H,1H3,(H,16,18). The number of carbonyl (C=O) groups excluding carboxylic acids is 1. The highest BCUT2D eigenvalue weighted by Crippen LogP contribution is 2.33. The number of hydrogen-bond acceptors (Lipinski definition) is 4. The van der Waals surface area contributed by atoms with Crippen LogP contribution in [0.3, 0.4) is 0 Å². The molecule has 2 rings (SSSR count). The van der Waals surface area contributed by atoms with Crippen LogP contribution < -0.4 is 10.1 Å². The zero-order chi connectivity index (χ0) is 15.4. The number of nitro benzene ring substituents is 1. The average molecular weight is 307 g/mol. The molecule has 0 saturated carbocycles. The van der Waals surface area contributed by atoms with E-state index in [1.54, 1.807) is 24.3 Å². The molecule has 6 nitrogen and oxygen atoms in total. The summed E-state index contributed by atoms with van der Waals surface area (Å²) in [6.45, 7) is 0. The van der Waals surface area contributed by atoms with Gasteiger partial charge in [0, 0.05) is 17.8 Å². The fourth-order valence-electron chi connectivity index (χ4n) is 1.74. The van der Waals surface area contributed by atoms with E-state index in [1.165, 1.54) is 13.2 Å². The number of anilines is 1. The van der Waals surface area contributed by atoms with Gasteiger partial charge in [0.2, 0.25) is 0 Å². The maximum absolute atomic E-state index is 12.2. The minimum absolute atomic E-state index is 0.0177. The van der Waals surface area contributed by atoms with Crippen molar-refractivity contribution in [1.82, 2.24) is 0 Å². The van der Waals surface area contributed by atoms with E-state index < -0.39 is 10.8 Å². The van der Waals surface area contributed by atoms with Crippen LogP contribution in [0.4, 0.5) is 11.4 Å². The number of benzene rings is 2. The second-order valence-electron chi connectivity index (χ2n) is 4.08. The number of nitrogens with zero attached hydrogens (tertiary/aromatic N) is 1. The molecule has 7 heteroatoms. The molecule has 0 atom stereocenters. The quantitative estimate of drug-likeness (QED) is 0.692. The molecule has 0 bridgehead atoms. The molecule has 0 radical (unpaired) electrons. The molecule has 0 heterocycles.